The van der Waals surface area contributed by atoms with E-state index in [1.165, 1.54) is 22.2 Å². The van der Waals surface area contributed by atoms with E-state index in [9.17, 15) is 0 Å². The van der Waals surface area contributed by atoms with Crippen molar-refractivity contribution in [2.24, 2.45) is 0 Å². The van der Waals surface area contributed by atoms with Gasteiger partial charge in [0.1, 0.15) is 13.6 Å². The molecule has 1 aromatic rings. The molecule has 0 aliphatic heterocycles. The van der Waals surface area contributed by atoms with Gasteiger partial charge in [-0.3, -0.25) is 0 Å². The number of rotatable bonds is 1. The normalized spacial score (nSPS) is 10.0. The molecule has 2 heteroatoms. The van der Waals surface area contributed by atoms with Gasteiger partial charge in [-0.1, -0.05) is 17.1 Å². The summed E-state index contributed by atoms with van der Waals surface area (Å²) in [5.41, 5.74) is 5.15. The fourth-order valence-electron chi connectivity index (χ4n) is 1.57. The summed E-state index contributed by atoms with van der Waals surface area (Å²) in [6.07, 6.45) is 0. The van der Waals surface area contributed by atoms with Crippen LogP contribution in [0.25, 0.3) is 0 Å². The molecule has 0 atom stereocenters. The zero-order valence-electron chi connectivity index (χ0n) is 8.49. The zero-order chi connectivity index (χ0) is 9.30. The van der Waals surface area contributed by atoms with E-state index < -0.39 is 0 Å². The third-order valence-corrected chi connectivity index (χ3v) is 2.49. The molecule has 64 valence electrons. The first kappa shape index (κ1) is 9.18. The molecule has 0 aliphatic carbocycles. The Hall–Kier alpha value is -0.915. The van der Waals surface area contributed by atoms with Gasteiger partial charge in [-0.15, -0.1) is 0 Å². The van der Waals surface area contributed by atoms with Crippen molar-refractivity contribution in [3.8, 4) is 5.75 Å². The molecule has 0 saturated carbocycles. The van der Waals surface area contributed by atoms with Crippen molar-refractivity contribution in [3.05, 3.63) is 22.8 Å². The van der Waals surface area contributed by atoms with E-state index in [1.807, 2.05) is 0 Å². The Morgan fingerprint density at radius 2 is 1.75 bits per heavy atom. The highest BCUT2D eigenvalue weighted by molar-refractivity contribution is 6.34. The highest BCUT2D eigenvalue weighted by Gasteiger charge is 2.06. The maximum atomic E-state index is 5.31. The number of aryl methyl sites for hydroxylation is 2. The van der Waals surface area contributed by atoms with Crippen molar-refractivity contribution in [2.75, 3.05) is 7.11 Å². The molecular weight excluding hydrogens is 147 g/mol. The van der Waals surface area contributed by atoms with Crippen LogP contribution in [-0.4, -0.2) is 15.0 Å². The predicted octanol–water partition coefficient (Wildman–Crippen LogP) is 0.879. The molecule has 0 fully saturated rings. The summed E-state index contributed by atoms with van der Waals surface area (Å²) < 4.78 is 5.31. The summed E-state index contributed by atoms with van der Waals surface area (Å²) in [4.78, 5) is 0. The quantitative estimate of drug-likeness (QED) is 0.557. The smallest absolute Gasteiger partial charge is 0.140 e. The molecule has 0 saturated heterocycles. The van der Waals surface area contributed by atoms with Gasteiger partial charge < -0.3 is 4.74 Å². The maximum Gasteiger partial charge on any atom is 0.140 e. The van der Waals surface area contributed by atoms with E-state index in [1.54, 1.807) is 7.11 Å². The van der Waals surface area contributed by atoms with E-state index in [0.29, 0.717) is 0 Å². The zero-order valence-corrected chi connectivity index (χ0v) is 8.49. The fraction of sp³-hybridized carbons (Fsp3) is 0.400. The van der Waals surface area contributed by atoms with Crippen molar-refractivity contribution in [2.45, 2.75) is 20.8 Å². The van der Waals surface area contributed by atoms with Gasteiger partial charge in [-0.2, -0.15) is 0 Å². The van der Waals surface area contributed by atoms with Crippen LogP contribution in [-0.2, 0) is 0 Å². The SMILES string of the molecule is Bc1c(C)cc(C)c(OC)c1C. The maximum absolute atomic E-state index is 5.31. The standard InChI is InChI=1S/C10H15BO/c1-6-5-7(2)10(12-4)8(3)9(6)11/h5H,11H2,1-4H3. The van der Waals surface area contributed by atoms with Gasteiger partial charge in [0, 0.05) is 0 Å². The Morgan fingerprint density at radius 1 is 1.17 bits per heavy atom. The van der Waals surface area contributed by atoms with Crippen LogP contribution in [0.3, 0.4) is 0 Å². The van der Waals surface area contributed by atoms with Crippen LogP contribution in [0.2, 0.25) is 0 Å². The summed E-state index contributed by atoms with van der Waals surface area (Å²) in [6.45, 7) is 6.32. The van der Waals surface area contributed by atoms with Gasteiger partial charge in [-0.05, 0) is 31.9 Å². The van der Waals surface area contributed by atoms with E-state index in [4.69, 9.17) is 4.74 Å². The Kier molecular flexibility index (Phi) is 2.46. The lowest BCUT2D eigenvalue weighted by Gasteiger charge is -2.13. The Labute approximate surface area is 75.2 Å². The van der Waals surface area contributed by atoms with E-state index >= 15 is 0 Å². The highest BCUT2D eigenvalue weighted by Crippen LogP contribution is 2.21. The van der Waals surface area contributed by atoms with Crippen LogP contribution in [0.5, 0.6) is 5.75 Å². The average Bonchev–Trinajstić information content (AvgIpc) is 2.01. The first-order valence-electron chi connectivity index (χ1n) is 4.19. The van der Waals surface area contributed by atoms with E-state index in [0.717, 1.165) is 5.75 Å². The summed E-state index contributed by atoms with van der Waals surface area (Å²) in [6, 6.07) is 2.17. The monoisotopic (exact) mass is 162 g/mol. The summed E-state index contributed by atoms with van der Waals surface area (Å²) in [5.74, 6) is 1.03. The Morgan fingerprint density at radius 3 is 2.25 bits per heavy atom. The van der Waals surface area contributed by atoms with Crippen molar-refractivity contribution < 1.29 is 4.74 Å². The molecule has 0 unspecified atom stereocenters. The molecule has 0 aromatic heterocycles. The first-order chi connectivity index (χ1) is 5.57. The molecule has 0 amide bonds. The number of benzene rings is 1. The lowest BCUT2D eigenvalue weighted by Crippen LogP contribution is -2.13. The molecule has 0 radical (unpaired) electrons. The number of hydrogen-bond acceptors (Lipinski definition) is 1. The van der Waals surface area contributed by atoms with Gasteiger partial charge in [0.25, 0.3) is 0 Å². The predicted molar refractivity (Wildman–Crippen MR) is 55.4 cm³/mol. The second-order valence-electron chi connectivity index (χ2n) is 3.29. The first-order valence-corrected chi connectivity index (χ1v) is 4.19. The lowest BCUT2D eigenvalue weighted by atomic mass is 9.85. The minimum atomic E-state index is 1.03. The molecule has 0 bridgehead atoms. The highest BCUT2D eigenvalue weighted by atomic mass is 16.5. The van der Waals surface area contributed by atoms with Crippen molar-refractivity contribution in [1.29, 1.82) is 0 Å². The molecule has 12 heavy (non-hydrogen) atoms. The molecule has 0 heterocycles. The largest absolute Gasteiger partial charge is 0.496 e. The second-order valence-corrected chi connectivity index (χ2v) is 3.29. The second kappa shape index (κ2) is 3.22. The number of ether oxygens (including phenoxy) is 1. The van der Waals surface area contributed by atoms with Crippen LogP contribution in [0.15, 0.2) is 6.07 Å². The molecular formula is C10H15BO. The molecule has 0 spiro atoms. The molecule has 1 aromatic carbocycles. The Bertz CT molecular complexity index is 305. The van der Waals surface area contributed by atoms with Crippen molar-refractivity contribution >= 4 is 13.3 Å². The van der Waals surface area contributed by atoms with Gasteiger partial charge in [-0.25, -0.2) is 0 Å². The van der Waals surface area contributed by atoms with Crippen LogP contribution < -0.4 is 10.2 Å². The number of methoxy groups -OCH3 is 1. The van der Waals surface area contributed by atoms with Crippen LogP contribution in [0.4, 0.5) is 0 Å². The average molecular weight is 162 g/mol. The summed E-state index contributed by atoms with van der Waals surface area (Å²) >= 11 is 0. The number of hydrogen-bond donors (Lipinski definition) is 0. The van der Waals surface area contributed by atoms with Crippen LogP contribution >= 0.6 is 0 Å². The summed E-state index contributed by atoms with van der Waals surface area (Å²) in [7, 11) is 3.86. The van der Waals surface area contributed by atoms with Crippen molar-refractivity contribution in [1.82, 2.24) is 0 Å². The van der Waals surface area contributed by atoms with Gasteiger partial charge >= 0.3 is 0 Å². The molecule has 1 nitrogen and oxygen atoms in total. The molecule has 1 rings (SSSR count). The topological polar surface area (TPSA) is 9.23 Å². The minimum absolute atomic E-state index is 1.03. The van der Waals surface area contributed by atoms with E-state index in [-0.39, 0.29) is 0 Å². The third kappa shape index (κ3) is 1.34. The van der Waals surface area contributed by atoms with Crippen LogP contribution in [0.1, 0.15) is 16.7 Å². The van der Waals surface area contributed by atoms with Crippen LogP contribution in [0, 0.1) is 20.8 Å². The van der Waals surface area contributed by atoms with Gasteiger partial charge in [0.15, 0.2) is 0 Å². The third-order valence-electron chi connectivity index (χ3n) is 2.49. The summed E-state index contributed by atoms with van der Waals surface area (Å²) in [5, 5.41) is 0. The molecule has 0 N–H and O–H groups in total. The van der Waals surface area contributed by atoms with Gasteiger partial charge in [0.2, 0.25) is 0 Å². The Balaban J connectivity index is 3.40. The van der Waals surface area contributed by atoms with Gasteiger partial charge in [0.05, 0.1) is 7.11 Å². The fourth-order valence-corrected chi connectivity index (χ4v) is 1.57. The molecule has 0 aliphatic rings. The lowest BCUT2D eigenvalue weighted by molar-refractivity contribution is 0.409. The minimum Gasteiger partial charge on any atom is -0.496 e. The van der Waals surface area contributed by atoms with Crippen molar-refractivity contribution in [3.63, 3.8) is 0 Å². The van der Waals surface area contributed by atoms with E-state index in [2.05, 4.69) is 34.7 Å².